The molecule has 6 rings (SSSR count). The normalized spacial score (nSPS) is 19.4. The van der Waals surface area contributed by atoms with Crippen LogP contribution in [0.3, 0.4) is 0 Å². The Morgan fingerprint density at radius 3 is 2.45 bits per heavy atom. The van der Waals surface area contributed by atoms with E-state index in [4.69, 9.17) is 5.73 Å². The van der Waals surface area contributed by atoms with Gasteiger partial charge in [0.05, 0.1) is 17.1 Å². The number of primary amides is 1. The lowest BCUT2D eigenvalue weighted by Crippen LogP contribution is -2.39. The van der Waals surface area contributed by atoms with Crippen molar-refractivity contribution in [2.75, 3.05) is 18.1 Å². The molecule has 3 aliphatic rings. The molecule has 228 valence electrons. The predicted molar refractivity (Wildman–Crippen MR) is 166 cm³/mol. The van der Waals surface area contributed by atoms with Gasteiger partial charge in [0.15, 0.2) is 0 Å². The third-order valence-corrected chi connectivity index (χ3v) is 10.6. The standard InChI is InChI=1S/C34H34F2N4O3S/c1-22-30-19-38-40(28-14-12-27(35)13-15-28)32(30)18-24-10-11-25(33(22)24)20-39(17-16-23-6-3-5-9-31(23)36)44(42,43)21-26-7-2-4-8-29(26)34(37)41/h2-9,12-15,18-19,22,25,38H,10-11,16-17,20-21H2,1H3,(H2,37,41)/t22-,25+/m0/s1. The van der Waals surface area contributed by atoms with Crippen LogP contribution in [0.25, 0.3) is 0 Å². The van der Waals surface area contributed by atoms with Crippen LogP contribution in [0.5, 0.6) is 0 Å². The number of nitrogens with zero attached hydrogens (tertiary/aromatic N) is 2. The molecule has 0 bridgehead atoms. The molecule has 2 atom stereocenters. The van der Waals surface area contributed by atoms with E-state index in [1.807, 2.05) is 11.2 Å². The number of carbonyl (C=O) groups is 1. The number of hydrogen-bond donors (Lipinski definition) is 2. The Kier molecular flexibility index (Phi) is 8.13. The monoisotopic (exact) mass is 616 g/mol. The zero-order chi connectivity index (χ0) is 31.0. The lowest BCUT2D eigenvalue weighted by molar-refractivity contribution is 0.0999. The molecule has 1 amide bonds. The fraction of sp³-hybridized carbons (Fsp3) is 0.265. The van der Waals surface area contributed by atoms with E-state index in [9.17, 15) is 22.0 Å². The van der Waals surface area contributed by atoms with E-state index >= 15 is 0 Å². The summed E-state index contributed by atoms with van der Waals surface area (Å²) in [4.78, 5) is 12.0. The van der Waals surface area contributed by atoms with E-state index in [-0.39, 0.29) is 54.3 Å². The van der Waals surface area contributed by atoms with Crippen LogP contribution >= 0.6 is 0 Å². The van der Waals surface area contributed by atoms with Crippen LogP contribution in [0.4, 0.5) is 14.5 Å². The Morgan fingerprint density at radius 1 is 1.02 bits per heavy atom. The van der Waals surface area contributed by atoms with Gasteiger partial charge >= 0.3 is 0 Å². The molecule has 0 aromatic heterocycles. The summed E-state index contributed by atoms with van der Waals surface area (Å²) in [5.74, 6) is -1.76. The maximum atomic E-state index is 14.5. The number of benzene rings is 3. The van der Waals surface area contributed by atoms with Crippen LogP contribution in [-0.2, 0) is 22.2 Å². The van der Waals surface area contributed by atoms with Crippen molar-refractivity contribution >= 4 is 21.6 Å². The molecule has 0 spiro atoms. The molecular formula is C34H34F2N4O3S. The maximum absolute atomic E-state index is 14.5. The molecular weight excluding hydrogens is 582 g/mol. The number of nitrogens with one attached hydrogen (secondary N) is 1. The van der Waals surface area contributed by atoms with Gasteiger partial charge in [0.2, 0.25) is 15.9 Å². The average molecular weight is 617 g/mol. The van der Waals surface area contributed by atoms with Crippen LogP contribution in [0.2, 0.25) is 0 Å². The van der Waals surface area contributed by atoms with Crippen molar-refractivity contribution in [1.29, 1.82) is 0 Å². The zero-order valence-corrected chi connectivity index (χ0v) is 25.2. The van der Waals surface area contributed by atoms with E-state index in [1.165, 1.54) is 39.7 Å². The summed E-state index contributed by atoms with van der Waals surface area (Å²) < 4.78 is 57.6. The third-order valence-electron chi connectivity index (χ3n) is 8.81. The van der Waals surface area contributed by atoms with Gasteiger partial charge in [0.1, 0.15) is 11.6 Å². The van der Waals surface area contributed by atoms with Gasteiger partial charge in [0, 0.05) is 36.3 Å². The molecule has 0 radical (unpaired) electrons. The molecule has 0 fully saturated rings. The minimum absolute atomic E-state index is 0.0298. The van der Waals surface area contributed by atoms with Crippen molar-refractivity contribution in [1.82, 2.24) is 9.73 Å². The van der Waals surface area contributed by atoms with Crippen molar-refractivity contribution in [3.05, 3.63) is 136 Å². The molecule has 3 aromatic carbocycles. The molecule has 2 aliphatic carbocycles. The smallest absolute Gasteiger partial charge is 0.249 e. The Balaban J connectivity index is 1.29. The minimum Gasteiger partial charge on any atom is -0.366 e. The first-order valence-electron chi connectivity index (χ1n) is 14.7. The highest BCUT2D eigenvalue weighted by Crippen LogP contribution is 2.48. The summed E-state index contributed by atoms with van der Waals surface area (Å²) in [5, 5.41) is 1.93. The molecule has 1 aliphatic heterocycles. The molecule has 0 unspecified atom stereocenters. The van der Waals surface area contributed by atoms with Gasteiger partial charge in [-0.05, 0) is 84.4 Å². The van der Waals surface area contributed by atoms with Crippen molar-refractivity contribution in [2.24, 2.45) is 17.6 Å². The zero-order valence-electron chi connectivity index (χ0n) is 24.3. The fourth-order valence-corrected chi connectivity index (χ4v) is 8.22. The van der Waals surface area contributed by atoms with Crippen LogP contribution in [0, 0.1) is 23.5 Å². The number of hydrazine groups is 1. The summed E-state index contributed by atoms with van der Waals surface area (Å²) in [6.45, 7) is 2.47. The molecule has 0 saturated heterocycles. The third kappa shape index (κ3) is 5.79. The lowest BCUT2D eigenvalue weighted by Gasteiger charge is -2.32. The van der Waals surface area contributed by atoms with Gasteiger partial charge in [-0.15, -0.1) is 0 Å². The van der Waals surface area contributed by atoms with Crippen LogP contribution in [-0.4, -0.2) is 31.7 Å². The second-order valence-electron chi connectivity index (χ2n) is 11.5. The number of carbonyl (C=O) groups excluding carboxylic acids is 1. The summed E-state index contributed by atoms with van der Waals surface area (Å²) in [6.07, 6.45) is 5.88. The summed E-state index contributed by atoms with van der Waals surface area (Å²) in [7, 11) is -3.92. The largest absolute Gasteiger partial charge is 0.366 e. The van der Waals surface area contributed by atoms with Gasteiger partial charge in [-0.3, -0.25) is 9.80 Å². The first kappa shape index (κ1) is 29.8. The number of sulfonamides is 1. The van der Waals surface area contributed by atoms with Gasteiger partial charge < -0.3 is 11.2 Å². The summed E-state index contributed by atoms with van der Waals surface area (Å²) >= 11 is 0. The number of halogens is 2. The topological polar surface area (TPSA) is 95.7 Å². The van der Waals surface area contributed by atoms with Gasteiger partial charge in [0.25, 0.3) is 0 Å². The number of fused-ring (bicyclic) bond motifs is 1. The number of anilines is 1. The van der Waals surface area contributed by atoms with Crippen LogP contribution < -0.4 is 16.2 Å². The van der Waals surface area contributed by atoms with Gasteiger partial charge in [-0.25, -0.2) is 21.5 Å². The maximum Gasteiger partial charge on any atom is 0.249 e. The SMILES string of the molecule is C[C@H]1C2=CNN(c3ccc(F)cc3)C2=CC2=C1[C@@H](CN(CCc1ccccc1F)S(=O)(=O)Cc1ccccc1C(N)=O)CC2. The molecule has 3 N–H and O–H groups in total. The van der Waals surface area contributed by atoms with E-state index in [0.717, 1.165) is 29.8 Å². The van der Waals surface area contributed by atoms with E-state index < -0.39 is 15.9 Å². The Hall–Kier alpha value is -4.28. The molecule has 3 aromatic rings. The summed E-state index contributed by atoms with van der Waals surface area (Å²) in [6, 6.07) is 19.1. The first-order chi connectivity index (χ1) is 21.1. The Morgan fingerprint density at radius 2 is 1.73 bits per heavy atom. The lowest BCUT2D eigenvalue weighted by atomic mass is 9.80. The number of rotatable bonds is 10. The van der Waals surface area contributed by atoms with Crippen molar-refractivity contribution in [3.8, 4) is 0 Å². The van der Waals surface area contributed by atoms with Crippen molar-refractivity contribution < 1.29 is 22.0 Å². The molecule has 1 heterocycles. The van der Waals surface area contributed by atoms with Gasteiger partial charge in [-0.2, -0.15) is 0 Å². The van der Waals surface area contributed by atoms with Crippen LogP contribution in [0.1, 0.15) is 41.3 Å². The molecule has 44 heavy (non-hydrogen) atoms. The molecule has 0 saturated carbocycles. The highest BCUT2D eigenvalue weighted by molar-refractivity contribution is 7.88. The number of amides is 1. The van der Waals surface area contributed by atoms with Crippen molar-refractivity contribution in [3.63, 3.8) is 0 Å². The van der Waals surface area contributed by atoms with E-state index in [1.54, 1.807) is 48.5 Å². The predicted octanol–water partition coefficient (Wildman–Crippen LogP) is 5.59. The first-order valence-corrected chi connectivity index (χ1v) is 16.3. The second kappa shape index (κ2) is 12.0. The molecule has 7 nitrogen and oxygen atoms in total. The van der Waals surface area contributed by atoms with Gasteiger partial charge in [-0.1, -0.05) is 48.9 Å². The summed E-state index contributed by atoms with van der Waals surface area (Å²) in [5.41, 5.74) is 15.1. The van der Waals surface area contributed by atoms with E-state index in [2.05, 4.69) is 18.4 Å². The minimum atomic E-state index is -3.92. The number of hydrogen-bond acceptors (Lipinski definition) is 5. The van der Waals surface area contributed by atoms with Crippen LogP contribution in [0.15, 0.2) is 107 Å². The highest BCUT2D eigenvalue weighted by atomic mass is 32.2. The highest BCUT2D eigenvalue weighted by Gasteiger charge is 2.40. The fourth-order valence-electron chi connectivity index (χ4n) is 6.62. The average Bonchev–Trinajstić information content (AvgIpc) is 3.61. The second-order valence-corrected chi connectivity index (χ2v) is 13.5. The number of allylic oxidation sites excluding steroid dienone is 3. The van der Waals surface area contributed by atoms with E-state index in [0.29, 0.717) is 11.1 Å². The Labute approximate surface area is 256 Å². The Bertz CT molecular complexity index is 1800. The molecule has 10 heteroatoms. The number of nitrogens with two attached hydrogens (primary N) is 1. The quantitative estimate of drug-likeness (QED) is 0.310. The van der Waals surface area contributed by atoms with Crippen molar-refractivity contribution in [2.45, 2.75) is 31.9 Å².